The smallest absolute Gasteiger partial charge is 0.306 e. The van der Waals surface area contributed by atoms with E-state index in [9.17, 15) is 9.59 Å². The van der Waals surface area contributed by atoms with E-state index in [4.69, 9.17) is 4.74 Å². The number of amides is 1. The molecule has 5 nitrogen and oxygen atoms in total. The number of hydrogen-bond donors (Lipinski definition) is 0. The summed E-state index contributed by atoms with van der Waals surface area (Å²) in [5, 5.41) is 0. The van der Waals surface area contributed by atoms with Crippen LogP contribution in [0.15, 0.2) is 0 Å². The molecule has 0 saturated carbocycles. The van der Waals surface area contributed by atoms with Gasteiger partial charge in [0.25, 0.3) is 0 Å². The topological polar surface area (TPSA) is 49.9 Å². The molecule has 1 atom stereocenters. The SMILES string of the molecule is CCCCCCC(=O)OC(CN1CCCCCC1)CN1CCCC1=O.Cl. The van der Waals surface area contributed by atoms with Crippen LogP contribution >= 0.6 is 12.4 Å². The molecule has 0 bridgehead atoms. The molecule has 1 amide bonds. The Morgan fingerprint density at radius 2 is 1.73 bits per heavy atom. The van der Waals surface area contributed by atoms with Crippen LogP contribution in [0.2, 0.25) is 0 Å². The zero-order valence-corrected chi connectivity index (χ0v) is 17.2. The maximum atomic E-state index is 12.2. The van der Waals surface area contributed by atoms with Gasteiger partial charge in [0.15, 0.2) is 0 Å². The summed E-state index contributed by atoms with van der Waals surface area (Å²) in [5.41, 5.74) is 0. The Hall–Kier alpha value is -0.810. The van der Waals surface area contributed by atoms with E-state index < -0.39 is 0 Å². The van der Waals surface area contributed by atoms with Crippen LogP contribution in [-0.4, -0.2) is 60.5 Å². The fraction of sp³-hybridized carbons (Fsp3) is 0.900. The summed E-state index contributed by atoms with van der Waals surface area (Å²) < 4.78 is 5.81. The van der Waals surface area contributed by atoms with Crippen molar-refractivity contribution in [2.24, 2.45) is 0 Å². The number of halogens is 1. The minimum absolute atomic E-state index is 0. The van der Waals surface area contributed by atoms with Crippen molar-refractivity contribution in [2.45, 2.75) is 83.7 Å². The predicted octanol–water partition coefficient (Wildman–Crippen LogP) is 3.79. The molecule has 152 valence electrons. The highest BCUT2D eigenvalue weighted by atomic mass is 35.5. The summed E-state index contributed by atoms with van der Waals surface area (Å²) in [7, 11) is 0. The number of hydrogen-bond acceptors (Lipinski definition) is 4. The van der Waals surface area contributed by atoms with E-state index in [0.717, 1.165) is 45.4 Å². The van der Waals surface area contributed by atoms with Gasteiger partial charge in [-0.05, 0) is 38.8 Å². The minimum atomic E-state index is -0.182. The van der Waals surface area contributed by atoms with E-state index in [0.29, 0.717) is 19.4 Å². The molecule has 2 saturated heterocycles. The first-order valence-electron chi connectivity index (χ1n) is 10.4. The molecular formula is C20H37ClN2O3. The Morgan fingerprint density at radius 1 is 1.00 bits per heavy atom. The van der Waals surface area contributed by atoms with Crippen LogP contribution < -0.4 is 0 Å². The number of esters is 1. The van der Waals surface area contributed by atoms with Crippen LogP contribution in [0.3, 0.4) is 0 Å². The normalized spacial score (nSPS) is 19.7. The lowest BCUT2D eigenvalue weighted by atomic mass is 10.1. The van der Waals surface area contributed by atoms with Crippen molar-refractivity contribution in [3.8, 4) is 0 Å². The number of rotatable bonds is 10. The fourth-order valence-electron chi connectivity index (χ4n) is 3.82. The summed E-state index contributed by atoms with van der Waals surface area (Å²) in [6, 6.07) is 0. The van der Waals surface area contributed by atoms with Crippen LogP contribution in [0.5, 0.6) is 0 Å². The number of unbranched alkanes of at least 4 members (excludes halogenated alkanes) is 3. The summed E-state index contributed by atoms with van der Waals surface area (Å²) >= 11 is 0. The summed E-state index contributed by atoms with van der Waals surface area (Å²) in [6.45, 7) is 6.48. The summed E-state index contributed by atoms with van der Waals surface area (Å²) in [5.74, 6) is 0.113. The van der Waals surface area contributed by atoms with Gasteiger partial charge in [0, 0.05) is 25.9 Å². The summed E-state index contributed by atoms with van der Waals surface area (Å²) in [6.07, 6.45) is 11.3. The first-order chi connectivity index (χ1) is 12.2. The Bertz CT molecular complexity index is 412. The molecule has 26 heavy (non-hydrogen) atoms. The first kappa shape index (κ1) is 23.2. The summed E-state index contributed by atoms with van der Waals surface area (Å²) in [4.78, 5) is 28.5. The Morgan fingerprint density at radius 3 is 2.35 bits per heavy atom. The van der Waals surface area contributed by atoms with Crippen LogP contribution in [0.1, 0.15) is 77.6 Å². The van der Waals surface area contributed by atoms with Gasteiger partial charge in [0.05, 0.1) is 6.54 Å². The molecule has 0 N–H and O–H groups in total. The van der Waals surface area contributed by atoms with Crippen LogP contribution in [0, 0.1) is 0 Å². The van der Waals surface area contributed by atoms with Crippen molar-refractivity contribution in [1.29, 1.82) is 0 Å². The van der Waals surface area contributed by atoms with Gasteiger partial charge in [-0.25, -0.2) is 0 Å². The second kappa shape index (κ2) is 13.4. The maximum Gasteiger partial charge on any atom is 0.306 e. The highest BCUT2D eigenvalue weighted by Crippen LogP contribution is 2.15. The van der Waals surface area contributed by atoms with Gasteiger partial charge in [-0.1, -0.05) is 39.0 Å². The van der Waals surface area contributed by atoms with E-state index in [1.165, 1.54) is 38.5 Å². The molecule has 0 spiro atoms. The van der Waals surface area contributed by atoms with Crippen molar-refractivity contribution in [2.75, 3.05) is 32.7 Å². The van der Waals surface area contributed by atoms with Crippen LogP contribution in [0.25, 0.3) is 0 Å². The Kier molecular flexibility index (Phi) is 11.9. The van der Waals surface area contributed by atoms with E-state index in [2.05, 4.69) is 11.8 Å². The average Bonchev–Trinajstić information content (AvgIpc) is 2.84. The zero-order chi connectivity index (χ0) is 17.9. The minimum Gasteiger partial charge on any atom is -0.459 e. The van der Waals surface area contributed by atoms with Gasteiger partial charge in [0.1, 0.15) is 6.10 Å². The van der Waals surface area contributed by atoms with Gasteiger partial charge < -0.3 is 9.64 Å². The molecule has 2 aliphatic rings. The molecule has 2 rings (SSSR count). The third-order valence-corrected chi connectivity index (χ3v) is 5.29. The number of carbonyl (C=O) groups excluding carboxylic acids is 2. The van der Waals surface area contributed by atoms with E-state index in [1.807, 2.05) is 4.90 Å². The van der Waals surface area contributed by atoms with Crippen molar-refractivity contribution >= 4 is 24.3 Å². The van der Waals surface area contributed by atoms with Crippen LogP contribution in [0.4, 0.5) is 0 Å². The molecule has 0 aromatic carbocycles. The lowest BCUT2D eigenvalue weighted by molar-refractivity contribution is -0.152. The molecule has 0 aliphatic carbocycles. The highest BCUT2D eigenvalue weighted by molar-refractivity contribution is 5.85. The van der Waals surface area contributed by atoms with Crippen molar-refractivity contribution < 1.29 is 14.3 Å². The van der Waals surface area contributed by atoms with Crippen molar-refractivity contribution in [3.05, 3.63) is 0 Å². The number of carbonyl (C=O) groups is 2. The number of likely N-dealkylation sites (tertiary alicyclic amines) is 2. The van der Waals surface area contributed by atoms with Gasteiger partial charge in [-0.2, -0.15) is 0 Å². The van der Waals surface area contributed by atoms with E-state index >= 15 is 0 Å². The lowest BCUT2D eigenvalue weighted by Crippen LogP contribution is -2.43. The average molecular weight is 389 g/mol. The molecule has 2 aliphatic heterocycles. The highest BCUT2D eigenvalue weighted by Gasteiger charge is 2.27. The number of ether oxygens (including phenoxy) is 1. The molecule has 6 heteroatoms. The molecule has 0 aromatic rings. The quantitative estimate of drug-likeness (QED) is 0.422. The molecule has 2 fully saturated rings. The molecule has 2 heterocycles. The molecule has 0 radical (unpaired) electrons. The molecule has 0 aromatic heterocycles. The monoisotopic (exact) mass is 388 g/mol. The fourth-order valence-corrected chi connectivity index (χ4v) is 3.82. The maximum absolute atomic E-state index is 12.2. The number of nitrogens with zero attached hydrogens (tertiary/aromatic N) is 2. The van der Waals surface area contributed by atoms with Gasteiger partial charge >= 0.3 is 5.97 Å². The predicted molar refractivity (Wildman–Crippen MR) is 107 cm³/mol. The third-order valence-electron chi connectivity index (χ3n) is 5.29. The second-order valence-corrected chi connectivity index (χ2v) is 7.58. The van der Waals surface area contributed by atoms with E-state index in [1.54, 1.807) is 0 Å². The first-order valence-corrected chi connectivity index (χ1v) is 10.4. The van der Waals surface area contributed by atoms with Crippen molar-refractivity contribution in [3.63, 3.8) is 0 Å². The molecule has 1 unspecified atom stereocenters. The van der Waals surface area contributed by atoms with E-state index in [-0.39, 0.29) is 30.4 Å². The Labute approximate surface area is 165 Å². The van der Waals surface area contributed by atoms with Crippen LogP contribution in [-0.2, 0) is 14.3 Å². The van der Waals surface area contributed by atoms with Crippen molar-refractivity contribution in [1.82, 2.24) is 9.80 Å². The second-order valence-electron chi connectivity index (χ2n) is 7.58. The third kappa shape index (κ3) is 8.72. The molecular weight excluding hydrogens is 352 g/mol. The standard InChI is InChI=1S/C20H36N2O3.ClH/c1-2-3-4-7-12-20(24)25-18(17-22-15-10-11-19(22)23)16-21-13-8-5-6-9-14-21;/h18H,2-17H2,1H3;1H. The van der Waals surface area contributed by atoms with Gasteiger partial charge in [-0.15, -0.1) is 12.4 Å². The largest absolute Gasteiger partial charge is 0.459 e. The lowest BCUT2D eigenvalue weighted by Gasteiger charge is -2.29. The Balaban J connectivity index is 0.00000338. The zero-order valence-electron chi connectivity index (χ0n) is 16.4. The van der Waals surface area contributed by atoms with Gasteiger partial charge in [-0.3, -0.25) is 14.5 Å². The van der Waals surface area contributed by atoms with Gasteiger partial charge in [0.2, 0.25) is 5.91 Å².